The summed E-state index contributed by atoms with van der Waals surface area (Å²) in [6, 6.07) is 0. The average molecular weight is 423 g/mol. The number of carbonyl (C=O) groups is 2. The van der Waals surface area contributed by atoms with Crippen molar-refractivity contribution in [2.75, 3.05) is 13.2 Å². The van der Waals surface area contributed by atoms with E-state index in [-0.39, 0.29) is 41.8 Å². The van der Waals surface area contributed by atoms with E-state index >= 15 is 0 Å². The van der Waals surface area contributed by atoms with Gasteiger partial charge in [0.15, 0.2) is 0 Å². The van der Waals surface area contributed by atoms with Gasteiger partial charge in [-0.2, -0.15) is 0 Å². The Balaban J connectivity index is 1.92. The molecule has 3 rings (SSSR count). The Kier molecular flexibility index (Phi) is 6.68. The number of fused-ring (bicyclic) bond motifs is 1. The first-order valence-electron chi connectivity index (χ1n) is 11.3. The average Bonchev–Trinajstić information content (AvgIpc) is 2.97. The summed E-state index contributed by atoms with van der Waals surface area (Å²) in [5, 5.41) is 20.7. The Morgan fingerprint density at radius 2 is 1.67 bits per heavy atom. The van der Waals surface area contributed by atoms with Crippen molar-refractivity contribution in [3.8, 4) is 0 Å². The van der Waals surface area contributed by atoms with E-state index in [1.807, 2.05) is 0 Å². The lowest BCUT2D eigenvalue weighted by atomic mass is 9.49. The molecule has 0 aromatic carbocycles. The first-order valence-corrected chi connectivity index (χ1v) is 11.3. The highest BCUT2D eigenvalue weighted by Gasteiger charge is 2.58. The summed E-state index contributed by atoms with van der Waals surface area (Å²) in [7, 11) is 0. The van der Waals surface area contributed by atoms with Gasteiger partial charge in [-0.05, 0) is 73.0 Å². The molecule has 0 bridgehead atoms. The zero-order valence-corrected chi connectivity index (χ0v) is 18.9. The molecule has 0 spiro atoms. The maximum absolute atomic E-state index is 11.8. The van der Waals surface area contributed by atoms with Gasteiger partial charge < -0.3 is 19.7 Å². The lowest BCUT2D eigenvalue weighted by Crippen LogP contribution is -2.56. The zero-order chi connectivity index (χ0) is 22.3. The molecular weight excluding hydrogens is 384 g/mol. The van der Waals surface area contributed by atoms with Crippen LogP contribution in [0.5, 0.6) is 0 Å². The van der Waals surface area contributed by atoms with Crippen molar-refractivity contribution in [1.82, 2.24) is 0 Å². The van der Waals surface area contributed by atoms with Crippen LogP contribution in [0, 0.1) is 34.5 Å². The van der Waals surface area contributed by atoms with Gasteiger partial charge in [0.1, 0.15) is 12.2 Å². The summed E-state index contributed by atoms with van der Waals surface area (Å²) in [6.07, 6.45) is 3.89. The molecular formula is C24H38O6. The fraction of sp³-hybridized carbons (Fsp3) is 0.833. The SMILES string of the molecule is C=C1CCC2[C@@H](CO)C([C@@]3(C)C[C@@H](OC(C)=O)[C@@H](OC(C)=O)C[C@@H]3CO)CC[C@]12C. The Labute approximate surface area is 180 Å². The van der Waals surface area contributed by atoms with Crippen molar-refractivity contribution >= 4 is 11.9 Å². The molecule has 0 aliphatic heterocycles. The molecule has 170 valence electrons. The topological polar surface area (TPSA) is 93.1 Å². The van der Waals surface area contributed by atoms with Crippen LogP contribution in [0.4, 0.5) is 0 Å². The number of hydrogen-bond donors (Lipinski definition) is 2. The van der Waals surface area contributed by atoms with Crippen LogP contribution in [-0.2, 0) is 19.1 Å². The maximum atomic E-state index is 11.8. The van der Waals surface area contributed by atoms with E-state index in [2.05, 4.69) is 20.4 Å². The van der Waals surface area contributed by atoms with Crippen LogP contribution in [0.15, 0.2) is 12.2 Å². The molecule has 0 saturated heterocycles. The van der Waals surface area contributed by atoms with Gasteiger partial charge in [0.2, 0.25) is 0 Å². The predicted octanol–water partition coefficient (Wildman–Crippen LogP) is 3.25. The van der Waals surface area contributed by atoms with Gasteiger partial charge in [-0.15, -0.1) is 0 Å². The highest BCUT2D eigenvalue weighted by Crippen LogP contribution is 2.63. The monoisotopic (exact) mass is 422 g/mol. The van der Waals surface area contributed by atoms with Gasteiger partial charge in [0.25, 0.3) is 0 Å². The Hall–Kier alpha value is -1.40. The van der Waals surface area contributed by atoms with E-state index in [1.165, 1.54) is 19.4 Å². The summed E-state index contributed by atoms with van der Waals surface area (Å²) in [5.41, 5.74) is 1.04. The summed E-state index contributed by atoms with van der Waals surface area (Å²) >= 11 is 0. The van der Waals surface area contributed by atoms with E-state index in [0.717, 1.165) is 25.7 Å². The highest BCUT2D eigenvalue weighted by molar-refractivity contribution is 5.67. The van der Waals surface area contributed by atoms with E-state index in [9.17, 15) is 19.8 Å². The van der Waals surface area contributed by atoms with Gasteiger partial charge >= 0.3 is 11.9 Å². The molecule has 30 heavy (non-hydrogen) atoms. The minimum absolute atomic E-state index is 0.0235. The predicted molar refractivity (Wildman–Crippen MR) is 112 cm³/mol. The van der Waals surface area contributed by atoms with E-state index in [0.29, 0.717) is 18.8 Å². The smallest absolute Gasteiger partial charge is 0.303 e. The number of ether oxygens (including phenoxy) is 2. The quantitative estimate of drug-likeness (QED) is 0.522. The maximum Gasteiger partial charge on any atom is 0.303 e. The molecule has 3 aliphatic rings. The van der Waals surface area contributed by atoms with Crippen molar-refractivity contribution in [3.63, 3.8) is 0 Å². The minimum atomic E-state index is -0.552. The van der Waals surface area contributed by atoms with E-state index < -0.39 is 24.1 Å². The van der Waals surface area contributed by atoms with Gasteiger partial charge in [0.05, 0.1) is 0 Å². The van der Waals surface area contributed by atoms with Crippen molar-refractivity contribution in [1.29, 1.82) is 0 Å². The first kappa shape index (κ1) is 23.3. The number of esters is 2. The number of hydrogen-bond acceptors (Lipinski definition) is 6. The Bertz CT molecular complexity index is 689. The van der Waals surface area contributed by atoms with Gasteiger partial charge in [-0.25, -0.2) is 0 Å². The van der Waals surface area contributed by atoms with Crippen LogP contribution >= 0.6 is 0 Å². The van der Waals surface area contributed by atoms with Gasteiger partial charge in [0, 0.05) is 27.1 Å². The molecule has 6 nitrogen and oxygen atoms in total. The van der Waals surface area contributed by atoms with E-state index in [1.54, 1.807) is 0 Å². The summed E-state index contributed by atoms with van der Waals surface area (Å²) in [4.78, 5) is 23.4. The van der Waals surface area contributed by atoms with Crippen molar-refractivity contribution in [2.45, 2.75) is 78.4 Å². The van der Waals surface area contributed by atoms with Crippen LogP contribution in [0.25, 0.3) is 0 Å². The molecule has 0 heterocycles. The van der Waals surface area contributed by atoms with Crippen LogP contribution < -0.4 is 0 Å². The third-order valence-corrected chi connectivity index (χ3v) is 8.81. The second kappa shape index (κ2) is 8.62. The number of aliphatic hydroxyl groups excluding tert-OH is 2. The fourth-order valence-corrected chi connectivity index (χ4v) is 7.11. The Morgan fingerprint density at radius 1 is 1.03 bits per heavy atom. The lowest BCUT2D eigenvalue weighted by molar-refractivity contribution is -0.189. The molecule has 0 aromatic rings. The third kappa shape index (κ3) is 3.93. The largest absolute Gasteiger partial charge is 0.459 e. The van der Waals surface area contributed by atoms with Gasteiger partial charge in [-0.3, -0.25) is 9.59 Å². The molecule has 8 atom stereocenters. The molecule has 3 fully saturated rings. The molecule has 3 aliphatic carbocycles. The normalized spacial score (nSPS) is 43.7. The molecule has 2 N–H and O–H groups in total. The highest BCUT2D eigenvalue weighted by atomic mass is 16.6. The number of carbonyl (C=O) groups excluding carboxylic acids is 2. The first-order chi connectivity index (χ1) is 14.1. The fourth-order valence-electron chi connectivity index (χ4n) is 7.11. The third-order valence-electron chi connectivity index (χ3n) is 8.81. The second-order valence-corrected chi connectivity index (χ2v) is 10.3. The standard InChI is InChI=1S/C24H38O6/c1-14-6-7-19-18(13-26)20(8-9-23(14,19)4)24(5)11-22(30-16(3)28)21(29-15(2)27)10-17(24)12-25/h17-22,25-26H,1,6-13H2,2-5H3/t17-,18-,19?,20?,21+,22-,23-,24+/m1/s1. The summed E-state index contributed by atoms with van der Waals surface area (Å²) in [6.45, 7) is 11.6. The molecule has 0 radical (unpaired) electrons. The van der Waals surface area contributed by atoms with Crippen molar-refractivity contribution in [3.05, 3.63) is 12.2 Å². The van der Waals surface area contributed by atoms with Gasteiger partial charge in [-0.1, -0.05) is 26.0 Å². The van der Waals surface area contributed by atoms with E-state index in [4.69, 9.17) is 9.47 Å². The second-order valence-electron chi connectivity index (χ2n) is 10.3. The molecule has 3 saturated carbocycles. The van der Waals surface area contributed by atoms with Crippen LogP contribution in [0.2, 0.25) is 0 Å². The summed E-state index contributed by atoms with van der Waals surface area (Å²) < 4.78 is 11.1. The molecule has 0 amide bonds. The van der Waals surface area contributed by atoms with Crippen LogP contribution in [0.3, 0.4) is 0 Å². The molecule has 0 aromatic heterocycles. The Morgan fingerprint density at radius 3 is 2.23 bits per heavy atom. The minimum Gasteiger partial charge on any atom is -0.459 e. The van der Waals surface area contributed by atoms with Crippen molar-refractivity contribution < 1.29 is 29.3 Å². The number of aliphatic hydroxyl groups is 2. The van der Waals surface area contributed by atoms with Crippen LogP contribution in [-0.4, -0.2) is 47.6 Å². The number of rotatable bonds is 5. The summed E-state index contributed by atoms with van der Waals surface area (Å²) in [5.74, 6) is -0.220. The molecule has 6 heteroatoms. The van der Waals surface area contributed by atoms with Crippen molar-refractivity contribution in [2.24, 2.45) is 34.5 Å². The lowest BCUT2D eigenvalue weighted by Gasteiger charge is -2.57. The van der Waals surface area contributed by atoms with Crippen LogP contribution in [0.1, 0.15) is 66.2 Å². The molecule has 2 unspecified atom stereocenters. The zero-order valence-electron chi connectivity index (χ0n) is 18.9. The number of allylic oxidation sites excluding steroid dienone is 1.